The molecule has 0 spiro atoms. The Balaban J connectivity index is 1.78. The molecule has 2 amide bonds. The van der Waals surface area contributed by atoms with Gasteiger partial charge in [-0.05, 0) is 37.5 Å². The molecule has 1 fully saturated rings. The van der Waals surface area contributed by atoms with E-state index < -0.39 is 0 Å². The molecule has 21 heavy (non-hydrogen) atoms. The van der Waals surface area contributed by atoms with Gasteiger partial charge in [-0.25, -0.2) is 4.79 Å². The summed E-state index contributed by atoms with van der Waals surface area (Å²) in [5.41, 5.74) is 0.850. The van der Waals surface area contributed by atoms with Crippen LogP contribution in [0.2, 0.25) is 0 Å². The summed E-state index contributed by atoms with van der Waals surface area (Å²) in [7, 11) is 0. The lowest BCUT2D eigenvalue weighted by atomic mass is 9.86. The number of hydrogen-bond acceptors (Lipinski definition) is 3. The molecule has 1 saturated carbocycles. The van der Waals surface area contributed by atoms with E-state index in [9.17, 15) is 15.0 Å². The third kappa shape index (κ3) is 4.63. The van der Waals surface area contributed by atoms with Gasteiger partial charge >= 0.3 is 6.03 Å². The number of aliphatic hydroxyl groups excluding tert-OH is 1. The number of aliphatic hydroxyl groups is 1. The second-order valence-electron chi connectivity index (χ2n) is 5.78. The Morgan fingerprint density at radius 3 is 2.86 bits per heavy atom. The molecular weight excluding hydrogens is 268 g/mol. The molecule has 1 aliphatic rings. The summed E-state index contributed by atoms with van der Waals surface area (Å²) in [5, 5.41) is 25.0. The maximum atomic E-state index is 11.9. The number of carbonyl (C=O) groups is 1. The Hall–Kier alpha value is -1.75. The highest BCUT2D eigenvalue weighted by molar-refractivity contribution is 5.74. The molecule has 0 aromatic heterocycles. The summed E-state index contributed by atoms with van der Waals surface area (Å²) in [4.78, 5) is 11.9. The third-order valence-electron chi connectivity index (χ3n) is 4.11. The SMILES string of the molecule is C[C@H](NC(=O)NC[C@H]1CCCC[C@@H]1O)c1cccc(O)c1. The van der Waals surface area contributed by atoms with Gasteiger partial charge in [0, 0.05) is 12.5 Å². The molecule has 0 heterocycles. The molecule has 2 rings (SSSR count). The molecule has 0 aliphatic heterocycles. The molecule has 0 saturated heterocycles. The van der Waals surface area contributed by atoms with E-state index >= 15 is 0 Å². The Labute approximate surface area is 125 Å². The van der Waals surface area contributed by atoms with Gasteiger partial charge in [-0.3, -0.25) is 0 Å². The van der Waals surface area contributed by atoms with Crippen molar-refractivity contribution >= 4 is 6.03 Å². The van der Waals surface area contributed by atoms with Crippen LogP contribution in [0.25, 0.3) is 0 Å². The normalized spacial score (nSPS) is 23.3. The van der Waals surface area contributed by atoms with Crippen LogP contribution in [0.3, 0.4) is 0 Å². The van der Waals surface area contributed by atoms with E-state index in [4.69, 9.17) is 0 Å². The van der Waals surface area contributed by atoms with Crippen molar-refractivity contribution in [3.05, 3.63) is 29.8 Å². The van der Waals surface area contributed by atoms with Crippen molar-refractivity contribution in [3.63, 3.8) is 0 Å². The van der Waals surface area contributed by atoms with Crippen LogP contribution in [-0.2, 0) is 0 Å². The van der Waals surface area contributed by atoms with E-state index in [0.717, 1.165) is 31.2 Å². The van der Waals surface area contributed by atoms with Crippen LogP contribution in [0.5, 0.6) is 5.75 Å². The predicted octanol–water partition coefficient (Wildman–Crippen LogP) is 2.30. The number of carbonyl (C=O) groups excluding carboxylic acids is 1. The van der Waals surface area contributed by atoms with E-state index in [-0.39, 0.29) is 29.8 Å². The minimum atomic E-state index is -0.303. The van der Waals surface area contributed by atoms with Crippen molar-refractivity contribution < 1.29 is 15.0 Å². The predicted molar refractivity (Wildman–Crippen MR) is 81.0 cm³/mol. The standard InChI is InChI=1S/C16H24N2O3/c1-11(12-6-4-7-14(19)9-12)18-16(21)17-10-13-5-2-3-8-15(13)20/h4,6-7,9,11,13,15,19-20H,2-3,5,8,10H2,1H3,(H2,17,18,21)/t11-,13+,15-/m0/s1. The summed E-state index contributed by atoms with van der Waals surface area (Å²) >= 11 is 0. The monoisotopic (exact) mass is 292 g/mol. The van der Waals surface area contributed by atoms with Gasteiger partial charge in [-0.2, -0.15) is 0 Å². The zero-order valence-electron chi connectivity index (χ0n) is 12.4. The zero-order chi connectivity index (χ0) is 15.2. The summed E-state index contributed by atoms with van der Waals surface area (Å²) in [6, 6.07) is 6.41. The van der Waals surface area contributed by atoms with Crippen LogP contribution in [0.1, 0.15) is 44.2 Å². The van der Waals surface area contributed by atoms with Crippen molar-refractivity contribution in [1.82, 2.24) is 10.6 Å². The Morgan fingerprint density at radius 1 is 1.38 bits per heavy atom. The fraction of sp³-hybridized carbons (Fsp3) is 0.562. The first-order chi connectivity index (χ1) is 10.1. The van der Waals surface area contributed by atoms with Gasteiger partial charge in [0.25, 0.3) is 0 Å². The molecule has 0 radical (unpaired) electrons. The van der Waals surface area contributed by atoms with Gasteiger partial charge < -0.3 is 20.8 Å². The molecule has 4 N–H and O–H groups in total. The quantitative estimate of drug-likeness (QED) is 0.687. The number of nitrogens with one attached hydrogen (secondary N) is 2. The smallest absolute Gasteiger partial charge is 0.315 e. The van der Waals surface area contributed by atoms with Gasteiger partial charge in [0.1, 0.15) is 5.75 Å². The van der Waals surface area contributed by atoms with Crippen LogP contribution in [-0.4, -0.2) is 28.9 Å². The van der Waals surface area contributed by atoms with E-state index in [1.807, 2.05) is 13.0 Å². The first-order valence-electron chi connectivity index (χ1n) is 7.57. The fourth-order valence-corrected chi connectivity index (χ4v) is 2.78. The fourth-order valence-electron chi connectivity index (χ4n) is 2.78. The summed E-state index contributed by atoms with van der Waals surface area (Å²) < 4.78 is 0. The molecular formula is C16H24N2O3. The summed E-state index contributed by atoms with van der Waals surface area (Å²) in [5.74, 6) is 0.340. The highest BCUT2D eigenvalue weighted by Crippen LogP contribution is 2.23. The van der Waals surface area contributed by atoms with Gasteiger partial charge in [0.05, 0.1) is 12.1 Å². The Morgan fingerprint density at radius 2 is 2.14 bits per heavy atom. The largest absolute Gasteiger partial charge is 0.508 e. The van der Waals surface area contributed by atoms with Crippen LogP contribution < -0.4 is 10.6 Å². The van der Waals surface area contributed by atoms with Crippen LogP contribution in [0.15, 0.2) is 24.3 Å². The average molecular weight is 292 g/mol. The summed E-state index contributed by atoms with van der Waals surface area (Å²) in [6.45, 7) is 2.36. The lowest BCUT2D eigenvalue weighted by Crippen LogP contribution is -2.42. The van der Waals surface area contributed by atoms with Crippen molar-refractivity contribution in [2.45, 2.75) is 44.8 Å². The number of phenolic OH excluding ortho intramolecular Hbond substituents is 1. The van der Waals surface area contributed by atoms with Gasteiger partial charge in [-0.1, -0.05) is 25.0 Å². The molecule has 1 aliphatic carbocycles. The van der Waals surface area contributed by atoms with Gasteiger partial charge in [-0.15, -0.1) is 0 Å². The van der Waals surface area contributed by atoms with Crippen molar-refractivity contribution in [3.8, 4) is 5.75 Å². The number of urea groups is 1. The molecule has 1 aromatic rings. The highest BCUT2D eigenvalue weighted by atomic mass is 16.3. The molecule has 1 aromatic carbocycles. The summed E-state index contributed by atoms with van der Waals surface area (Å²) in [6.07, 6.45) is 3.67. The average Bonchev–Trinajstić information content (AvgIpc) is 2.46. The number of aromatic hydroxyl groups is 1. The molecule has 5 nitrogen and oxygen atoms in total. The molecule has 116 valence electrons. The topological polar surface area (TPSA) is 81.6 Å². The van der Waals surface area contributed by atoms with E-state index in [1.165, 1.54) is 0 Å². The van der Waals surface area contributed by atoms with E-state index in [2.05, 4.69) is 10.6 Å². The second kappa shape index (κ2) is 7.31. The number of benzene rings is 1. The van der Waals surface area contributed by atoms with Crippen molar-refractivity contribution in [2.75, 3.05) is 6.54 Å². The maximum absolute atomic E-state index is 11.9. The molecule has 0 bridgehead atoms. The van der Waals surface area contributed by atoms with Crippen molar-refractivity contribution in [1.29, 1.82) is 0 Å². The lowest BCUT2D eigenvalue weighted by Gasteiger charge is -2.27. The first-order valence-corrected chi connectivity index (χ1v) is 7.57. The van der Waals surface area contributed by atoms with Gasteiger partial charge in [0.15, 0.2) is 0 Å². The molecule has 5 heteroatoms. The number of amides is 2. The minimum Gasteiger partial charge on any atom is -0.508 e. The highest BCUT2D eigenvalue weighted by Gasteiger charge is 2.23. The Kier molecular flexibility index (Phi) is 5.44. The lowest BCUT2D eigenvalue weighted by molar-refractivity contribution is 0.0708. The minimum absolute atomic E-state index is 0.153. The van der Waals surface area contributed by atoms with Crippen LogP contribution in [0.4, 0.5) is 4.79 Å². The zero-order valence-corrected chi connectivity index (χ0v) is 12.4. The van der Waals surface area contributed by atoms with Gasteiger partial charge in [0.2, 0.25) is 0 Å². The number of rotatable bonds is 4. The van der Waals surface area contributed by atoms with Crippen LogP contribution in [0, 0.1) is 5.92 Å². The molecule has 0 unspecified atom stereocenters. The van der Waals surface area contributed by atoms with E-state index in [0.29, 0.717) is 6.54 Å². The third-order valence-corrected chi connectivity index (χ3v) is 4.11. The van der Waals surface area contributed by atoms with Crippen LogP contribution >= 0.6 is 0 Å². The Bertz CT molecular complexity index is 478. The van der Waals surface area contributed by atoms with E-state index in [1.54, 1.807) is 18.2 Å². The number of phenols is 1. The number of hydrogen-bond donors (Lipinski definition) is 4. The second-order valence-corrected chi connectivity index (χ2v) is 5.78. The first kappa shape index (κ1) is 15.6. The van der Waals surface area contributed by atoms with Crippen molar-refractivity contribution in [2.24, 2.45) is 5.92 Å². The molecule has 3 atom stereocenters. The maximum Gasteiger partial charge on any atom is 0.315 e.